The normalized spacial score (nSPS) is 11.2. The fourth-order valence-corrected chi connectivity index (χ4v) is 3.02. The first-order valence-electron chi connectivity index (χ1n) is 9.09. The highest BCUT2D eigenvalue weighted by molar-refractivity contribution is 5.76. The number of benzene rings is 2. The standard InChI is InChI=1S/C21H18F3N3O4/c1-30-17-14(8-5-9-16(17)13-6-3-2-4-7-13)10-11-15-12-26-20(25)27(18(15)28)31-19(29)21(22,23)24/h2-9,12H,10-11H2,1H3,(H2,25,26). The van der Waals surface area contributed by atoms with Gasteiger partial charge in [-0.2, -0.15) is 13.2 Å². The molecule has 7 nitrogen and oxygen atoms in total. The number of ether oxygens (including phenoxy) is 1. The van der Waals surface area contributed by atoms with Gasteiger partial charge in [0.25, 0.3) is 5.56 Å². The van der Waals surface area contributed by atoms with E-state index in [0.29, 0.717) is 12.2 Å². The van der Waals surface area contributed by atoms with E-state index in [1.54, 1.807) is 0 Å². The van der Waals surface area contributed by atoms with Crippen LogP contribution in [-0.4, -0.2) is 29.0 Å². The molecule has 1 heterocycles. The van der Waals surface area contributed by atoms with Gasteiger partial charge in [-0.1, -0.05) is 53.3 Å². The van der Waals surface area contributed by atoms with E-state index in [1.807, 2.05) is 48.5 Å². The van der Waals surface area contributed by atoms with Crippen molar-refractivity contribution in [2.45, 2.75) is 19.0 Å². The zero-order valence-electron chi connectivity index (χ0n) is 16.3. The molecule has 31 heavy (non-hydrogen) atoms. The lowest BCUT2D eigenvalue weighted by Crippen LogP contribution is -2.40. The van der Waals surface area contributed by atoms with Crippen molar-refractivity contribution in [2.75, 3.05) is 12.8 Å². The minimum Gasteiger partial charge on any atom is -0.496 e. The highest BCUT2D eigenvalue weighted by Gasteiger charge is 2.42. The van der Waals surface area contributed by atoms with E-state index < -0.39 is 23.7 Å². The molecule has 2 aromatic carbocycles. The Morgan fingerprint density at radius 3 is 2.39 bits per heavy atom. The number of alkyl halides is 3. The summed E-state index contributed by atoms with van der Waals surface area (Å²) >= 11 is 0. The third-order valence-corrected chi connectivity index (χ3v) is 4.47. The van der Waals surface area contributed by atoms with Gasteiger partial charge in [0, 0.05) is 17.3 Å². The summed E-state index contributed by atoms with van der Waals surface area (Å²) in [7, 11) is 1.53. The fraction of sp³-hybridized carbons (Fsp3) is 0.190. The number of carbonyl (C=O) groups is 1. The quantitative estimate of drug-likeness (QED) is 0.642. The fourth-order valence-electron chi connectivity index (χ4n) is 3.02. The summed E-state index contributed by atoms with van der Waals surface area (Å²) in [6.07, 6.45) is -3.72. The van der Waals surface area contributed by atoms with Crippen molar-refractivity contribution in [3.8, 4) is 16.9 Å². The number of rotatable bonds is 6. The van der Waals surface area contributed by atoms with E-state index in [-0.39, 0.29) is 16.7 Å². The number of aryl methyl sites for hydroxylation is 2. The van der Waals surface area contributed by atoms with Crippen LogP contribution in [0.5, 0.6) is 5.75 Å². The SMILES string of the molecule is COc1c(CCc2cnc(N)n(OC(=O)C(F)(F)F)c2=O)cccc1-c1ccccc1. The summed E-state index contributed by atoms with van der Waals surface area (Å²) in [5, 5.41) is 0. The van der Waals surface area contributed by atoms with Crippen LogP contribution in [0.15, 0.2) is 59.5 Å². The van der Waals surface area contributed by atoms with Gasteiger partial charge in [0.1, 0.15) is 5.75 Å². The largest absolute Gasteiger partial charge is 0.496 e. The molecular formula is C21H18F3N3O4. The zero-order valence-corrected chi connectivity index (χ0v) is 16.3. The second-order valence-electron chi connectivity index (χ2n) is 6.48. The van der Waals surface area contributed by atoms with E-state index in [1.165, 1.54) is 7.11 Å². The predicted octanol–water partition coefficient (Wildman–Crippen LogP) is 2.80. The van der Waals surface area contributed by atoms with Crippen LogP contribution in [0.1, 0.15) is 11.1 Å². The van der Waals surface area contributed by atoms with Crippen LogP contribution in [0.4, 0.5) is 19.1 Å². The highest BCUT2D eigenvalue weighted by Crippen LogP contribution is 2.33. The number of para-hydroxylation sites is 1. The summed E-state index contributed by atoms with van der Waals surface area (Å²) in [4.78, 5) is 31.3. The van der Waals surface area contributed by atoms with Crippen LogP contribution < -0.4 is 20.9 Å². The lowest BCUT2D eigenvalue weighted by molar-refractivity contribution is -0.200. The summed E-state index contributed by atoms with van der Waals surface area (Å²) in [5.74, 6) is -2.63. The minimum atomic E-state index is -5.28. The van der Waals surface area contributed by atoms with Gasteiger partial charge in [0.05, 0.1) is 7.11 Å². The Balaban J connectivity index is 1.88. The molecule has 2 N–H and O–H groups in total. The van der Waals surface area contributed by atoms with Crippen LogP contribution in [0.3, 0.4) is 0 Å². The molecule has 0 fully saturated rings. The number of anilines is 1. The molecule has 0 saturated carbocycles. The van der Waals surface area contributed by atoms with Crippen molar-refractivity contribution >= 4 is 11.9 Å². The first-order valence-corrected chi connectivity index (χ1v) is 9.09. The Labute approximate surface area is 174 Å². The number of hydrogen-bond acceptors (Lipinski definition) is 6. The zero-order chi connectivity index (χ0) is 22.6. The van der Waals surface area contributed by atoms with Crippen LogP contribution >= 0.6 is 0 Å². The van der Waals surface area contributed by atoms with Gasteiger partial charge in [-0.25, -0.2) is 9.78 Å². The third kappa shape index (κ3) is 4.85. The third-order valence-electron chi connectivity index (χ3n) is 4.47. The van der Waals surface area contributed by atoms with Gasteiger partial charge in [-0.05, 0) is 24.0 Å². The number of hydrogen-bond donors (Lipinski definition) is 1. The number of aromatic nitrogens is 2. The molecular weight excluding hydrogens is 415 g/mol. The van der Waals surface area contributed by atoms with Gasteiger partial charge in [-0.15, -0.1) is 0 Å². The smallest absolute Gasteiger partial charge is 0.493 e. The molecule has 162 valence electrons. The molecule has 0 spiro atoms. The average Bonchev–Trinajstić information content (AvgIpc) is 2.75. The Kier molecular flexibility index (Phi) is 6.28. The number of nitrogen functional groups attached to an aromatic ring is 1. The molecule has 0 aliphatic heterocycles. The minimum absolute atomic E-state index is 0.0244. The average molecular weight is 433 g/mol. The van der Waals surface area contributed by atoms with Crippen LogP contribution in [0, 0.1) is 0 Å². The lowest BCUT2D eigenvalue weighted by Gasteiger charge is -2.14. The first kappa shape index (κ1) is 21.9. The Hall–Kier alpha value is -3.82. The Morgan fingerprint density at radius 1 is 1.06 bits per heavy atom. The maximum atomic E-state index is 12.5. The van der Waals surface area contributed by atoms with Crippen molar-refractivity contribution in [1.29, 1.82) is 0 Å². The number of halogens is 3. The van der Waals surface area contributed by atoms with E-state index >= 15 is 0 Å². The second kappa shape index (κ2) is 8.90. The predicted molar refractivity (Wildman–Crippen MR) is 106 cm³/mol. The molecule has 0 atom stereocenters. The molecule has 0 aliphatic rings. The van der Waals surface area contributed by atoms with Crippen molar-refractivity contribution in [1.82, 2.24) is 9.71 Å². The van der Waals surface area contributed by atoms with E-state index in [4.69, 9.17) is 10.5 Å². The molecule has 0 unspecified atom stereocenters. The summed E-state index contributed by atoms with van der Waals surface area (Å²) < 4.78 is 43.0. The van der Waals surface area contributed by atoms with E-state index in [9.17, 15) is 22.8 Å². The van der Waals surface area contributed by atoms with E-state index in [0.717, 1.165) is 22.9 Å². The maximum absolute atomic E-state index is 12.5. The van der Waals surface area contributed by atoms with Gasteiger partial charge < -0.3 is 15.3 Å². The monoisotopic (exact) mass is 433 g/mol. The van der Waals surface area contributed by atoms with E-state index in [2.05, 4.69) is 9.82 Å². The highest BCUT2D eigenvalue weighted by atomic mass is 19.4. The number of methoxy groups -OCH3 is 1. The van der Waals surface area contributed by atoms with Crippen molar-refractivity contribution in [3.63, 3.8) is 0 Å². The second-order valence-corrected chi connectivity index (χ2v) is 6.48. The Bertz CT molecular complexity index is 1140. The van der Waals surface area contributed by atoms with Crippen molar-refractivity contribution in [3.05, 3.63) is 76.2 Å². The van der Waals surface area contributed by atoms with Gasteiger partial charge in [0.15, 0.2) is 0 Å². The molecule has 0 bridgehead atoms. The number of nitrogens with zero attached hydrogens (tertiary/aromatic N) is 2. The van der Waals surface area contributed by atoms with Gasteiger partial charge in [-0.3, -0.25) is 4.79 Å². The summed E-state index contributed by atoms with van der Waals surface area (Å²) in [6.45, 7) is 0. The van der Waals surface area contributed by atoms with Crippen LogP contribution in [0.25, 0.3) is 11.1 Å². The molecule has 0 amide bonds. The maximum Gasteiger partial charge on any atom is 0.493 e. The molecule has 3 rings (SSSR count). The molecule has 10 heteroatoms. The first-order chi connectivity index (χ1) is 14.7. The molecule has 3 aromatic rings. The lowest BCUT2D eigenvalue weighted by atomic mass is 9.98. The van der Waals surface area contributed by atoms with Crippen molar-refractivity contribution in [2.24, 2.45) is 0 Å². The number of carbonyl (C=O) groups excluding carboxylic acids is 1. The molecule has 0 aliphatic carbocycles. The van der Waals surface area contributed by atoms with Crippen LogP contribution in [-0.2, 0) is 17.6 Å². The van der Waals surface area contributed by atoms with Crippen LogP contribution in [0.2, 0.25) is 0 Å². The topological polar surface area (TPSA) is 96.4 Å². The molecule has 0 radical (unpaired) electrons. The molecule has 1 aromatic heterocycles. The van der Waals surface area contributed by atoms with Gasteiger partial charge >= 0.3 is 12.1 Å². The van der Waals surface area contributed by atoms with Crippen molar-refractivity contribution < 1.29 is 27.5 Å². The van der Waals surface area contributed by atoms with Gasteiger partial charge in [0.2, 0.25) is 5.95 Å². The number of nitrogens with two attached hydrogens (primary N) is 1. The summed E-state index contributed by atoms with van der Waals surface area (Å²) in [5.41, 5.74) is 7.01. The molecule has 0 saturated heterocycles. The Morgan fingerprint density at radius 2 is 1.74 bits per heavy atom. The summed E-state index contributed by atoms with van der Waals surface area (Å²) in [6, 6.07) is 15.1.